The molecule has 0 aliphatic carbocycles. The summed E-state index contributed by atoms with van der Waals surface area (Å²) in [5.41, 5.74) is 13.7. The molecule has 0 amide bonds. The van der Waals surface area contributed by atoms with Crippen LogP contribution in [0.15, 0.2) is 182 Å². The zero-order valence-corrected chi connectivity index (χ0v) is 36.7. The third kappa shape index (κ3) is 7.08. The van der Waals surface area contributed by atoms with Crippen molar-refractivity contribution in [1.29, 1.82) is 0 Å². The Hall–Kier alpha value is -6.78. The Bertz CT molecular complexity index is 3180. The largest absolute Gasteiger partial charge is 0.309 e. The predicted octanol–water partition coefficient (Wildman–Crippen LogP) is 14.9. The Morgan fingerprint density at radius 1 is 0.452 bits per heavy atom. The highest BCUT2D eigenvalue weighted by molar-refractivity contribution is 6.10. The Kier molecular flexibility index (Phi) is 9.71. The molecule has 10 rings (SSSR count). The fraction of sp³-hybridized carbons (Fsp3) is 0.207. The minimum atomic E-state index is -0.267. The van der Waals surface area contributed by atoms with Gasteiger partial charge in [0.15, 0.2) is 0 Å². The molecule has 1 atom stereocenters. The second-order valence-electron chi connectivity index (χ2n) is 19.2. The number of aromatic nitrogens is 4. The standard InChI is InChI=1S/C58H54N4/c1-56(2,3)42-36-43(61-50-25-13-10-21-45(50)46-22-11-14-26-51(46)61)38-44(37-42)62-52-27-15-12-23-47(52)48-31-30-40(35-53(48)62)39-58(6,33-32-57(4,5)54-28-16-17-34-59-54)55-29-18-24-49(60-55)41-19-8-7-9-20-41/h7-31,34-38H,32-33,39H2,1-6H3. The number of rotatable bonds is 10. The first-order valence-corrected chi connectivity index (χ1v) is 22.1. The van der Waals surface area contributed by atoms with Crippen molar-refractivity contribution < 1.29 is 0 Å². The second kappa shape index (κ2) is 15.3. The summed E-state index contributed by atoms with van der Waals surface area (Å²) in [7, 11) is 0. The van der Waals surface area contributed by atoms with E-state index in [1.165, 1.54) is 60.4 Å². The highest BCUT2D eigenvalue weighted by atomic mass is 15.0. The lowest BCUT2D eigenvalue weighted by Crippen LogP contribution is -2.30. The summed E-state index contributed by atoms with van der Waals surface area (Å²) in [5, 5.41) is 5.04. The number of hydrogen-bond acceptors (Lipinski definition) is 2. The van der Waals surface area contributed by atoms with Gasteiger partial charge >= 0.3 is 0 Å². The fourth-order valence-electron chi connectivity index (χ4n) is 9.67. The minimum absolute atomic E-state index is 0.0837. The molecule has 4 heterocycles. The van der Waals surface area contributed by atoms with Crippen LogP contribution in [0.1, 0.15) is 76.9 Å². The molecular formula is C58H54N4. The van der Waals surface area contributed by atoms with Gasteiger partial charge in [0.1, 0.15) is 0 Å². The van der Waals surface area contributed by atoms with Gasteiger partial charge in [-0.2, -0.15) is 0 Å². The number of benzene rings is 6. The molecule has 1 unspecified atom stereocenters. The SMILES string of the molecule is CC(C)(C)c1cc(-n2c3ccccc3c3ccccc32)cc(-n2c3ccccc3c3ccc(CC(C)(CCC(C)(C)c4ccccn4)c4cccc(-c5ccccc5)n4)cc32)c1. The van der Waals surface area contributed by atoms with Crippen molar-refractivity contribution in [1.82, 2.24) is 19.1 Å². The molecule has 0 aliphatic heterocycles. The van der Waals surface area contributed by atoms with Crippen molar-refractivity contribution in [2.45, 2.75) is 77.0 Å². The molecule has 0 spiro atoms. The van der Waals surface area contributed by atoms with Crippen molar-refractivity contribution in [3.8, 4) is 22.6 Å². The molecule has 4 nitrogen and oxygen atoms in total. The Labute approximate surface area is 365 Å². The molecule has 4 heteroatoms. The van der Waals surface area contributed by atoms with Gasteiger partial charge in [-0.05, 0) is 103 Å². The van der Waals surface area contributed by atoms with Crippen LogP contribution in [-0.4, -0.2) is 19.1 Å². The number of fused-ring (bicyclic) bond motifs is 6. The first kappa shape index (κ1) is 39.4. The lowest BCUT2D eigenvalue weighted by molar-refractivity contribution is 0.341. The summed E-state index contributed by atoms with van der Waals surface area (Å²) in [5.74, 6) is 0. The average Bonchev–Trinajstić information content (AvgIpc) is 3.81. The highest BCUT2D eigenvalue weighted by Crippen LogP contribution is 2.41. The van der Waals surface area contributed by atoms with Gasteiger partial charge in [0, 0.05) is 66.9 Å². The van der Waals surface area contributed by atoms with Gasteiger partial charge in [-0.25, -0.2) is 0 Å². The normalized spacial score (nSPS) is 13.3. The van der Waals surface area contributed by atoms with E-state index in [2.05, 4.69) is 221 Å². The fourth-order valence-corrected chi connectivity index (χ4v) is 9.67. The maximum absolute atomic E-state index is 5.43. The summed E-state index contributed by atoms with van der Waals surface area (Å²) >= 11 is 0. The van der Waals surface area contributed by atoms with E-state index in [0.29, 0.717) is 0 Å². The molecular weight excluding hydrogens is 753 g/mol. The lowest BCUT2D eigenvalue weighted by Gasteiger charge is -2.34. The third-order valence-corrected chi connectivity index (χ3v) is 13.3. The molecule has 62 heavy (non-hydrogen) atoms. The van der Waals surface area contributed by atoms with Crippen LogP contribution in [0.25, 0.3) is 66.2 Å². The monoisotopic (exact) mass is 806 g/mol. The van der Waals surface area contributed by atoms with E-state index in [4.69, 9.17) is 9.97 Å². The summed E-state index contributed by atoms with van der Waals surface area (Å²) in [4.78, 5) is 10.2. The maximum Gasteiger partial charge on any atom is 0.0705 e. The predicted molar refractivity (Wildman–Crippen MR) is 261 cm³/mol. The quantitative estimate of drug-likeness (QED) is 0.138. The molecule has 0 saturated heterocycles. The average molecular weight is 807 g/mol. The van der Waals surface area contributed by atoms with Gasteiger partial charge in [0.2, 0.25) is 0 Å². The first-order valence-electron chi connectivity index (χ1n) is 22.1. The molecule has 0 aliphatic rings. The molecule has 306 valence electrons. The molecule has 6 aromatic carbocycles. The third-order valence-electron chi connectivity index (χ3n) is 13.3. The lowest BCUT2D eigenvalue weighted by atomic mass is 9.71. The maximum atomic E-state index is 5.43. The van der Waals surface area contributed by atoms with Gasteiger partial charge < -0.3 is 9.13 Å². The molecule has 4 aromatic heterocycles. The minimum Gasteiger partial charge on any atom is -0.309 e. The smallest absolute Gasteiger partial charge is 0.0705 e. The number of pyridine rings is 2. The summed E-state index contributed by atoms with van der Waals surface area (Å²) in [6.07, 6.45) is 4.66. The van der Waals surface area contributed by atoms with Crippen LogP contribution in [0.2, 0.25) is 0 Å². The Morgan fingerprint density at radius 2 is 1.00 bits per heavy atom. The second-order valence-corrected chi connectivity index (χ2v) is 19.2. The summed E-state index contributed by atoms with van der Waals surface area (Å²) in [6.45, 7) is 14.0. The van der Waals surface area contributed by atoms with Crippen LogP contribution >= 0.6 is 0 Å². The molecule has 0 saturated carbocycles. The van der Waals surface area contributed by atoms with Gasteiger partial charge in [0.05, 0.1) is 27.8 Å². The molecule has 0 radical (unpaired) electrons. The van der Waals surface area contributed by atoms with E-state index >= 15 is 0 Å². The molecule has 0 N–H and O–H groups in total. The van der Waals surface area contributed by atoms with Crippen molar-refractivity contribution in [2.24, 2.45) is 0 Å². The van der Waals surface area contributed by atoms with Crippen LogP contribution in [0.5, 0.6) is 0 Å². The first-order chi connectivity index (χ1) is 30.0. The zero-order chi connectivity index (χ0) is 42.6. The zero-order valence-electron chi connectivity index (χ0n) is 36.7. The summed E-state index contributed by atoms with van der Waals surface area (Å²) < 4.78 is 4.97. The van der Waals surface area contributed by atoms with Crippen molar-refractivity contribution in [3.63, 3.8) is 0 Å². The van der Waals surface area contributed by atoms with E-state index in [1.807, 2.05) is 12.3 Å². The summed E-state index contributed by atoms with van der Waals surface area (Å²) in [6, 6.07) is 64.3. The van der Waals surface area contributed by atoms with E-state index in [1.54, 1.807) is 0 Å². The van der Waals surface area contributed by atoms with Crippen molar-refractivity contribution >= 4 is 43.6 Å². The van der Waals surface area contributed by atoms with E-state index in [0.717, 1.165) is 47.6 Å². The van der Waals surface area contributed by atoms with Crippen LogP contribution in [0, 0.1) is 0 Å². The Balaban J connectivity index is 1.14. The number of nitrogens with zero attached hydrogens (tertiary/aromatic N) is 4. The highest BCUT2D eigenvalue weighted by Gasteiger charge is 2.33. The van der Waals surface area contributed by atoms with Gasteiger partial charge in [-0.1, -0.05) is 151 Å². The van der Waals surface area contributed by atoms with Crippen LogP contribution in [0.3, 0.4) is 0 Å². The number of para-hydroxylation sites is 3. The number of hydrogen-bond donors (Lipinski definition) is 0. The van der Waals surface area contributed by atoms with Gasteiger partial charge in [0.25, 0.3) is 0 Å². The van der Waals surface area contributed by atoms with Crippen LogP contribution in [0.4, 0.5) is 0 Å². The Morgan fingerprint density at radius 3 is 1.60 bits per heavy atom. The van der Waals surface area contributed by atoms with Crippen LogP contribution < -0.4 is 0 Å². The molecule has 10 aromatic rings. The molecule has 0 bridgehead atoms. The van der Waals surface area contributed by atoms with Gasteiger partial charge in [-0.15, -0.1) is 0 Å². The van der Waals surface area contributed by atoms with E-state index in [-0.39, 0.29) is 16.2 Å². The van der Waals surface area contributed by atoms with Crippen LogP contribution in [-0.2, 0) is 22.7 Å². The topological polar surface area (TPSA) is 35.6 Å². The van der Waals surface area contributed by atoms with Crippen molar-refractivity contribution in [3.05, 3.63) is 205 Å². The van der Waals surface area contributed by atoms with E-state index < -0.39 is 0 Å². The van der Waals surface area contributed by atoms with Crippen molar-refractivity contribution in [2.75, 3.05) is 0 Å². The molecule has 0 fully saturated rings. The van der Waals surface area contributed by atoms with E-state index in [9.17, 15) is 0 Å². The van der Waals surface area contributed by atoms with Gasteiger partial charge in [-0.3, -0.25) is 9.97 Å².